The molecule has 1 heterocycles. The number of piperidine rings is 1. The summed E-state index contributed by atoms with van der Waals surface area (Å²) in [4.78, 5) is 14.1. The second-order valence-corrected chi connectivity index (χ2v) is 6.03. The molecule has 1 aliphatic heterocycles. The largest absolute Gasteiger partial charge is 0.325 e. The van der Waals surface area contributed by atoms with Crippen molar-refractivity contribution in [2.45, 2.75) is 46.0 Å². The Kier molecular flexibility index (Phi) is 5.05. The van der Waals surface area contributed by atoms with Gasteiger partial charge in [-0.3, -0.25) is 0 Å². The van der Waals surface area contributed by atoms with Crippen LogP contribution in [0.25, 0.3) is 0 Å². The number of hydrogen-bond donors (Lipinski definition) is 1. The van der Waals surface area contributed by atoms with E-state index in [1.54, 1.807) is 0 Å². The molecule has 0 aliphatic carbocycles. The molecule has 1 atom stereocenters. The summed E-state index contributed by atoms with van der Waals surface area (Å²) in [5.74, 6) is 1.32. The van der Waals surface area contributed by atoms with E-state index in [9.17, 15) is 4.79 Å². The quantitative estimate of drug-likeness (QED) is 0.867. The lowest BCUT2D eigenvalue weighted by atomic mass is 9.98. The molecule has 0 spiro atoms. The zero-order valence-electron chi connectivity index (χ0n) is 12.9. The molecule has 1 aliphatic rings. The van der Waals surface area contributed by atoms with Gasteiger partial charge in [-0.05, 0) is 48.8 Å². The zero-order valence-corrected chi connectivity index (χ0v) is 12.9. The van der Waals surface area contributed by atoms with Crippen molar-refractivity contribution >= 4 is 11.7 Å². The summed E-state index contributed by atoms with van der Waals surface area (Å²) in [6.45, 7) is 8.42. The van der Waals surface area contributed by atoms with Crippen LogP contribution in [0.2, 0.25) is 0 Å². The Labute approximate surface area is 122 Å². The van der Waals surface area contributed by atoms with Gasteiger partial charge in [-0.15, -0.1) is 0 Å². The van der Waals surface area contributed by atoms with E-state index in [-0.39, 0.29) is 6.03 Å². The fourth-order valence-corrected chi connectivity index (χ4v) is 2.54. The summed E-state index contributed by atoms with van der Waals surface area (Å²) in [6, 6.07) is 8.27. The topological polar surface area (TPSA) is 32.3 Å². The third kappa shape index (κ3) is 3.75. The maximum absolute atomic E-state index is 12.2. The molecule has 0 radical (unpaired) electrons. The van der Waals surface area contributed by atoms with Gasteiger partial charge in [0.25, 0.3) is 0 Å². The van der Waals surface area contributed by atoms with E-state index in [0.717, 1.165) is 44.0 Å². The summed E-state index contributed by atoms with van der Waals surface area (Å²) in [7, 11) is 0. The first-order chi connectivity index (χ1) is 9.60. The van der Waals surface area contributed by atoms with Crippen molar-refractivity contribution in [1.82, 2.24) is 4.90 Å². The summed E-state index contributed by atoms with van der Waals surface area (Å²) in [5.41, 5.74) is 2.22. The summed E-state index contributed by atoms with van der Waals surface area (Å²) in [5, 5.41) is 3.00. The Morgan fingerprint density at radius 2 is 1.90 bits per heavy atom. The first-order valence-corrected chi connectivity index (χ1v) is 7.76. The average molecular weight is 274 g/mol. The number of benzene rings is 1. The van der Waals surface area contributed by atoms with Crippen LogP contribution in [0, 0.1) is 5.92 Å². The van der Waals surface area contributed by atoms with E-state index in [2.05, 4.69) is 38.2 Å². The molecule has 1 aromatic carbocycles. The van der Waals surface area contributed by atoms with Gasteiger partial charge in [-0.25, -0.2) is 4.79 Å². The fraction of sp³-hybridized carbons (Fsp3) is 0.588. The standard InChI is InChI=1S/C17H26N2O/c1-4-14(3)15-5-7-16(8-6-15)18-17(20)19-11-9-13(2)10-12-19/h5-8,13-14H,4,9-12H2,1-3H3,(H,18,20)/t14-/m0/s1. The Morgan fingerprint density at radius 3 is 2.45 bits per heavy atom. The van der Waals surface area contributed by atoms with Crippen LogP contribution in [0.5, 0.6) is 0 Å². The van der Waals surface area contributed by atoms with Crippen LogP contribution in [-0.2, 0) is 0 Å². The minimum absolute atomic E-state index is 0.0354. The highest BCUT2D eigenvalue weighted by Gasteiger charge is 2.20. The van der Waals surface area contributed by atoms with Crippen molar-refractivity contribution in [3.63, 3.8) is 0 Å². The first-order valence-electron chi connectivity index (χ1n) is 7.76. The Bertz CT molecular complexity index is 433. The van der Waals surface area contributed by atoms with Gasteiger partial charge in [0.05, 0.1) is 0 Å². The van der Waals surface area contributed by atoms with Crippen LogP contribution in [0.15, 0.2) is 24.3 Å². The number of likely N-dealkylation sites (tertiary alicyclic amines) is 1. The van der Waals surface area contributed by atoms with Gasteiger partial charge in [0, 0.05) is 18.8 Å². The number of urea groups is 1. The summed E-state index contributed by atoms with van der Waals surface area (Å²) in [6.07, 6.45) is 3.36. The predicted octanol–water partition coefficient (Wildman–Crippen LogP) is 4.46. The van der Waals surface area contributed by atoms with Crippen LogP contribution >= 0.6 is 0 Å². The van der Waals surface area contributed by atoms with Crippen molar-refractivity contribution in [3.8, 4) is 0 Å². The van der Waals surface area contributed by atoms with Gasteiger partial charge in [0.1, 0.15) is 0 Å². The minimum Gasteiger partial charge on any atom is -0.325 e. The molecule has 1 fully saturated rings. The molecule has 0 saturated carbocycles. The Hall–Kier alpha value is -1.51. The predicted molar refractivity (Wildman–Crippen MR) is 84.1 cm³/mol. The molecule has 110 valence electrons. The highest BCUT2D eigenvalue weighted by Crippen LogP contribution is 2.21. The van der Waals surface area contributed by atoms with Crippen molar-refractivity contribution in [1.29, 1.82) is 0 Å². The van der Waals surface area contributed by atoms with Gasteiger partial charge in [0.2, 0.25) is 0 Å². The van der Waals surface area contributed by atoms with Crippen molar-refractivity contribution < 1.29 is 4.79 Å². The molecule has 2 rings (SSSR count). The molecule has 1 aromatic rings. The number of amides is 2. The summed E-state index contributed by atoms with van der Waals surface area (Å²) < 4.78 is 0. The highest BCUT2D eigenvalue weighted by molar-refractivity contribution is 5.89. The first kappa shape index (κ1) is 14.9. The Morgan fingerprint density at radius 1 is 1.30 bits per heavy atom. The molecule has 1 N–H and O–H groups in total. The van der Waals surface area contributed by atoms with E-state index >= 15 is 0 Å². The van der Waals surface area contributed by atoms with Crippen molar-refractivity contribution in [2.75, 3.05) is 18.4 Å². The number of nitrogens with one attached hydrogen (secondary N) is 1. The van der Waals surface area contributed by atoms with Crippen LogP contribution in [-0.4, -0.2) is 24.0 Å². The second kappa shape index (κ2) is 6.78. The molecule has 0 bridgehead atoms. The number of carbonyl (C=O) groups is 1. The number of nitrogens with zero attached hydrogens (tertiary/aromatic N) is 1. The van der Waals surface area contributed by atoms with Gasteiger partial charge < -0.3 is 10.2 Å². The lowest BCUT2D eigenvalue weighted by Crippen LogP contribution is -2.40. The lowest BCUT2D eigenvalue weighted by Gasteiger charge is -2.30. The molecule has 3 heteroatoms. The monoisotopic (exact) mass is 274 g/mol. The van der Waals surface area contributed by atoms with E-state index in [1.807, 2.05) is 17.0 Å². The van der Waals surface area contributed by atoms with Gasteiger partial charge in [0.15, 0.2) is 0 Å². The third-order valence-corrected chi connectivity index (χ3v) is 4.41. The SMILES string of the molecule is CC[C@H](C)c1ccc(NC(=O)N2CCC(C)CC2)cc1. The van der Waals surface area contributed by atoms with Crippen molar-refractivity contribution in [2.24, 2.45) is 5.92 Å². The van der Waals surface area contributed by atoms with Crippen LogP contribution in [0.3, 0.4) is 0 Å². The maximum atomic E-state index is 12.2. The van der Waals surface area contributed by atoms with Crippen molar-refractivity contribution in [3.05, 3.63) is 29.8 Å². The van der Waals surface area contributed by atoms with E-state index in [4.69, 9.17) is 0 Å². The second-order valence-electron chi connectivity index (χ2n) is 6.03. The zero-order chi connectivity index (χ0) is 14.5. The fourth-order valence-electron chi connectivity index (χ4n) is 2.54. The van der Waals surface area contributed by atoms with Gasteiger partial charge >= 0.3 is 6.03 Å². The normalized spacial score (nSPS) is 17.9. The number of hydrogen-bond acceptors (Lipinski definition) is 1. The lowest BCUT2D eigenvalue weighted by molar-refractivity contribution is 0.186. The Balaban J connectivity index is 1.91. The number of anilines is 1. The average Bonchev–Trinajstić information content (AvgIpc) is 2.48. The highest BCUT2D eigenvalue weighted by atomic mass is 16.2. The molecule has 0 aromatic heterocycles. The molecule has 20 heavy (non-hydrogen) atoms. The van der Waals surface area contributed by atoms with E-state index in [0.29, 0.717) is 5.92 Å². The molecule has 1 saturated heterocycles. The number of carbonyl (C=O) groups excluding carboxylic acids is 1. The smallest absolute Gasteiger partial charge is 0.321 e. The molecular formula is C17H26N2O. The van der Waals surface area contributed by atoms with Gasteiger partial charge in [-0.2, -0.15) is 0 Å². The van der Waals surface area contributed by atoms with Crippen LogP contribution in [0.4, 0.5) is 10.5 Å². The molecular weight excluding hydrogens is 248 g/mol. The maximum Gasteiger partial charge on any atom is 0.321 e. The number of rotatable bonds is 3. The van der Waals surface area contributed by atoms with Crippen LogP contribution < -0.4 is 5.32 Å². The molecule has 0 unspecified atom stereocenters. The van der Waals surface area contributed by atoms with E-state index < -0.39 is 0 Å². The minimum atomic E-state index is 0.0354. The van der Waals surface area contributed by atoms with Crippen LogP contribution in [0.1, 0.15) is 51.5 Å². The van der Waals surface area contributed by atoms with Gasteiger partial charge in [-0.1, -0.05) is 32.9 Å². The third-order valence-electron chi connectivity index (χ3n) is 4.41. The molecule has 3 nitrogen and oxygen atoms in total. The van der Waals surface area contributed by atoms with E-state index in [1.165, 1.54) is 5.56 Å². The molecule has 2 amide bonds. The summed E-state index contributed by atoms with van der Waals surface area (Å²) >= 11 is 0.